The first-order valence-corrected chi connectivity index (χ1v) is 17.7. The zero-order valence-corrected chi connectivity index (χ0v) is 29.3. The molecule has 0 bridgehead atoms. The molecule has 0 radical (unpaired) electrons. The van der Waals surface area contributed by atoms with Crippen LogP contribution in [-0.2, 0) is 36.8 Å². The van der Waals surface area contributed by atoms with Crippen molar-refractivity contribution >= 4 is 55.6 Å². The van der Waals surface area contributed by atoms with Crippen LogP contribution in [0.2, 0.25) is 0 Å². The minimum Gasteiger partial charge on any atom is -0.481 e. The summed E-state index contributed by atoms with van der Waals surface area (Å²) >= 11 is 6.96. The van der Waals surface area contributed by atoms with Crippen molar-refractivity contribution in [1.29, 1.82) is 0 Å². The largest absolute Gasteiger partial charge is 0.481 e. The third kappa shape index (κ3) is 13.3. The summed E-state index contributed by atoms with van der Waals surface area (Å²) in [5.41, 5.74) is 5.12. The van der Waals surface area contributed by atoms with Gasteiger partial charge in [-0.2, -0.15) is 0 Å². The molecule has 0 fully saturated rings. The number of hydrogen-bond donors (Lipinski definition) is 3. The number of fused-ring (bicyclic) bond motifs is 2. The van der Waals surface area contributed by atoms with Gasteiger partial charge in [-0.05, 0) is 97.9 Å². The van der Waals surface area contributed by atoms with Gasteiger partial charge in [0.1, 0.15) is 0 Å². The first-order valence-electron chi connectivity index (χ1n) is 16.1. The fourth-order valence-electron chi connectivity index (χ4n) is 5.93. The molecule has 2 aliphatic rings. The quantitative estimate of drug-likeness (QED) is 0.118. The van der Waals surface area contributed by atoms with E-state index in [1.54, 1.807) is 0 Å². The van der Waals surface area contributed by atoms with Crippen molar-refractivity contribution in [2.45, 2.75) is 115 Å². The monoisotopic (exact) mass is 748 g/mol. The van der Waals surface area contributed by atoms with E-state index < -0.39 is 5.97 Å². The van der Waals surface area contributed by atoms with E-state index in [1.807, 2.05) is 12.1 Å². The van der Waals surface area contributed by atoms with Gasteiger partial charge in [0, 0.05) is 34.6 Å². The van der Waals surface area contributed by atoms with E-state index in [0.29, 0.717) is 25.7 Å². The van der Waals surface area contributed by atoms with Gasteiger partial charge in [-0.1, -0.05) is 69.7 Å². The van der Waals surface area contributed by atoms with Gasteiger partial charge in [-0.15, -0.1) is 0 Å². The highest BCUT2D eigenvalue weighted by Gasteiger charge is 2.24. The van der Waals surface area contributed by atoms with Gasteiger partial charge in [0.25, 0.3) is 0 Å². The molecule has 0 saturated heterocycles. The lowest BCUT2D eigenvalue weighted by molar-refractivity contribution is -0.141. The highest BCUT2D eigenvalue weighted by atomic mass is 79.9. The van der Waals surface area contributed by atoms with Crippen LogP contribution in [-0.4, -0.2) is 36.0 Å². The number of halogens is 2. The van der Waals surface area contributed by atoms with Crippen LogP contribution in [0.5, 0.6) is 0 Å². The molecular weight excluding hydrogens is 704 g/mol. The van der Waals surface area contributed by atoms with Gasteiger partial charge in [0.05, 0.1) is 19.2 Å². The number of carbonyl (C=O) groups excluding carboxylic acids is 3. The van der Waals surface area contributed by atoms with E-state index in [2.05, 4.69) is 71.5 Å². The minimum atomic E-state index is -0.746. The third-order valence-electron chi connectivity index (χ3n) is 8.34. The summed E-state index contributed by atoms with van der Waals surface area (Å²) in [7, 11) is 1.41. The van der Waals surface area contributed by atoms with Crippen molar-refractivity contribution in [2.24, 2.45) is 0 Å². The van der Waals surface area contributed by atoms with Crippen LogP contribution in [0, 0.1) is 0 Å². The summed E-state index contributed by atoms with van der Waals surface area (Å²) in [5.74, 6) is -0.684. The predicted molar refractivity (Wildman–Crippen MR) is 182 cm³/mol. The van der Waals surface area contributed by atoms with Crippen molar-refractivity contribution in [2.75, 3.05) is 7.11 Å². The highest BCUT2D eigenvalue weighted by Crippen LogP contribution is 2.34. The number of amides is 2. The van der Waals surface area contributed by atoms with Crippen LogP contribution in [0.1, 0.15) is 124 Å². The van der Waals surface area contributed by atoms with Gasteiger partial charge in [0.15, 0.2) is 0 Å². The minimum absolute atomic E-state index is 0.0963. The molecule has 45 heavy (non-hydrogen) atoms. The Kier molecular flexibility index (Phi) is 16.1. The van der Waals surface area contributed by atoms with Crippen molar-refractivity contribution in [3.05, 3.63) is 67.6 Å². The fraction of sp³-hybridized carbons (Fsp3) is 0.543. The number of aliphatic carboxylic acids is 1. The molecule has 2 aromatic carbocycles. The van der Waals surface area contributed by atoms with E-state index in [0.717, 1.165) is 79.6 Å². The third-order valence-corrected chi connectivity index (χ3v) is 9.33. The SMILES string of the molecule is COC(=O)CCCCCCC(=O)NC1CCc2cc(Br)ccc21.O=C(O)CCCCCCC(=O)NC1CCc2cc(Br)ccc21. The maximum absolute atomic E-state index is 12.1. The van der Waals surface area contributed by atoms with Gasteiger partial charge in [0.2, 0.25) is 11.8 Å². The molecule has 2 aromatic rings. The lowest BCUT2D eigenvalue weighted by Gasteiger charge is -2.14. The first-order chi connectivity index (χ1) is 21.7. The lowest BCUT2D eigenvalue weighted by Crippen LogP contribution is -2.26. The Hall–Kier alpha value is -2.72. The second kappa shape index (κ2) is 19.7. The molecule has 0 heterocycles. The van der Waals surface area contributed by atoms with Gasteiger partial charge in [-0.25, -0.2) is 0 Å². The fourth-order valence-corrected chi connectivity index (χ4v) is 6.75. The van der Waals surface area contributed by atoms with Crippen LogP contribution < -0.4 is 10.6 Å². The van der Waals surface area contributed by atoms with Gasteiger partial charge in [-0.3, -0.25) is 19.2 Å². The number of benzene rings is 2. The van der Waals surface area contributed by atoms with E-state index in [9.17, 15) is 19.2 Å². The summed E-state index contributed by atoms with van der Waals surface area (Å²) in [6, 6.07) is 12.8. The summed E-state index contributed by atoms with van der Waals surface area (Å²) in [5, 5.41) is 14.8. The summed E-state index contributed by atoms with van der Waals surface area (Å²) < 4.78 is 6.78. The lowest BCUT2D eigenvalue weighted by atomic mass is 10.1. The number of carboxylic acid groups (broad SMARTS) is 1. The molecule has 4 rings (SSSR count). The van der Waals surface area contributed by atoms with Gasteiger partial charge < -0.3 is 20.5 Å². The average molecular weight is 751 g/mol. The van der Waals surface area contributed by atoms with E-state index >= 15 is 0 Å². The Morgan fingerprint density at radius 1 is 0.689 bits per heavy atom. The molecule has 0 aromatic heterocycles. The molecule has 0 saturated carbocycles. The Morgan fingerprint density at radius 3 is 1.53 bits per heavy atom. The smallest absolute Gasteiger partial charge is 0.305 e. The molecular formula is C35H46Br2N2O6. The van der Waals surface area contributed by atoms with Crippen LogP contribution in [0.15, 0.2) is 45.3 Å². The summed E-state index contributed by atoms with van der Waals surface area (Å²) in [4.78, 5) is 45.4. The molecule has 10 heteroatoms. The number of methoxy groups -OCH3 is 1. The van der Waals surface area contributed by atoms with Crippen molar-refractivity contribution in [3.8, 4) is 0 Å². The maximum Gasteiger partial charge on any atom is 0.305 e. The molecule has 0 aliphatic heterocycles. The van der Waals surface area contributed by atoms with Crippen LogP contribution in [0.4, 0.5) is 0 Å². The molecule has 2 atom stereocenters. The van der Waals surface area contributed by atoms with Gasteiger partial charge >= 0.3 is 11.9 Å². The number of ether oxygens (including phenoxy) is 1. The van der Waals surface area contributed by atoms with E-state index in [-0.39, 0.29) is 36.3 Å². The molecule has 246 valence electrons. The molecule has 3 N–H and O–H groups in total. The van der Waals surface area contributed by atoms with Crippen molar-refractivity contribution < 1.29 is 29.0 Å². The van der Waals surface area contributed by atoms with Crippen LogP contribution in [0.3, 0.4) is 0 Å². The number of nitrogens with one attached hydrogen (secondary N) is 2. The number of esters is 1. The number of aryl methyl sites for hydroxylation is 2. The average Bonchev–Trinajstić information content (AvgIpc) is 3.59. The summed E-state index contributed by atoms with van der Waals surface area (Å²) in [6.07, 6.45) is 12.7. The number of carbonyl (C=O) groups is 4. The van der Waals surface area contributed by atoms with E-state index in [1.165, 1.54) is 29.4 Å². The number of rotatable bonds is 16. The predicted octanol–water partition coefficient (Wildman–Crippen LogP) is 8.04. The molecule has 2 unspecified atom stereocenters. The Bertz CT molecular complexity index is 1300. The number of hydrogen-bond acceptors (Lipinski definition) is 5. The highest BCUT2D eigenvalue weighted by molar-refractivity contribution is 9.10. The Balaban J connectivity index is 0.000000246. The van der Waals surface area contributed by atoms with E-state index in [4.69, 9.17) is 5.11 Å². The van der Waals surface area contributed by atoms with Crippen LogP contribution in [0.25, 0.3) is 0 Å². The summed E-state index contributed by atoms with van der Waals surface area (Å²) in [6.45, 7) is 0. The Morgan fingerprint density at radius 2 is 1.11 bits per heavy atom. The van der Waals surface area contributed by atoms with Crippen molar-refractivity contribution in [1.82, 2.24) is 10.6 Å². The second-order valence-corrected chi connectivity index (χ2v) is 13.6. The zero-order valence-electron chi connectivity index (χ0n) is 26.2. The van der Waals surface area contributed by atoms with Crippen LogP contribution >= 0.6 is 31.9 Å². The normalized spacial score (nSPS) is 16.2. The first kappa shape index (κ1) is 36.7. The second-order valence-electron chi connectivity index (χ2n) is 11.8. The zero-order chi connectivity index (χ0) is 32.6. The van der Waals surface area contributed by atoms with Crippen molar-refractivity contribution in [3.63, 3.8) is 0 Å². The molecule has 2 amide bonds. The molecule has 0 spiro atoms. The Labute approximate surface area is 283 Å². The number of unbranched alkanes of at least 4 members (excludes halogenated alkanes) is 6. The molecule has 8 nitrogen and oxygen atoms in total. The molecule has 2 aliphatic carbocycles. The number of carboxylic acids is 1. The topological polar surface area (TPSA) is 122 Å². The standard InChI is InChI=1S/C18H24BrNO3.C17H22BrNO3/c1-23-18(22)7-5-3-2-4-6-17(21)20-16-11-8-13-12-14(19)9-10-15(13)16;18-13-8-9-14-12(11-13)7-10-15(14)19-16(20)5-3-1-2-4-6-17(21)22/h9-10,12,16H,2-8,11H2,1H3,(H,20,21);8-9,11,15H,1-7,10H2,(H,19,20)(H,21,22). The maximum atomic E-state index is 12.1.